The third-order valence-electron chi connectivity index (χ3n) is 6.97. The molecule has 1 aliphatic heterocycles. The number of aryl methyl sites for hydroxylation is 1. The summed E-state index contributed by atoms with van der Waals surface area (Å²) < 4.78 is 2.29. The van der Waals surface area contributed by atoms with Crippen molar-refractivity contribution in [2.45, 2.75) is 45.1 Å². The molecule has 0 bridgehead atoms. The van der Waals surface area contributed by atoms with E-state index >= 15 is 0 Å². The molecular weight excluding hydrogens is 448 g/mol. The summed E-state index contributed by atoms with van der Waals surface area (Å²) in [5.41, 5.74) is 5.08. The van der Waals surface area contributed by atoms with Crippen LogP contribution in [0.4, 0.5) is 11.5 Å². The molecule has 1 aromatic carbocycles. The molecule has 1 saturated carbocycles. The molecule has 0 spiro atoms. The summed E-state index contributed by atoms with van der Waals surface area (Å²) in [6.07, 6.45) is 11.5. The number of carbonyl (C=O) groups is 1. The van der Waals surface area contributed by atoms with E-state index in [1.807, 2.05) is 42.6 Å². The first-order valence-electron chi connectivity index (χ1n) is 12.8. The van der Waals surface area contributed by atoms with E-state index < -0.39 is 0 Å². The molecule has 7 nitrogen and oxygen atoms in total. The van der Waals surface area contributed by atoms with Gasteiger partial charge in [-0.25, -0.2) is 9.97 Å². The summed E-state index contributed by atoms with van der Waals surface area (Å²) >= 11 is 0. The number of hydrogen-bond donors (Lipinski definition) is 1. The van der Waals surface area contributed by atoms with Crippen molar-refractivity contribution >= 4 is 17.4 Å². The lowest BCUT2D eigenvalue weighted by atomic mass is 10.1. The Morgan fingerprint density at radius 1 is 1.00 bits per heavy atom. The van der Waals surface area contributed by atoms with Crippen LogP contribution in [0.3, 0.4) is 0 Å². The number of anilines is 2. The quantitative estimate of drug-likeness (QED) is 0.366. The Balaban J connectivity index is 1.20. The number of carbonyl (C=O) groups excluding carboxylic acids is 1. The maximum atomic E-state index is 13.1. The number of nitrogens with zero attached hydrogens (tertiary/aromatic N) is 5. The van der Waals surface area contributed by atoms with Crippen molar-refractivity contribution < 1.29 is 4.79 Å². The molecule has 3 aromatic heterocycles. The van der Waals surface area contributed by atoms with Crippen LogP contribution in [0.5, 0.6) is 0 Å². The zero-order chi connectivity index (χ0) is 24.5. The number of hydrogen-bond acceptors (Lipinski definition) is 5. The van der Waals surface area contributed by atoms with Crippen molar-refractivity contribution in [1.82, 2.24) is 19.5 Å². The van der Waals surface area contributed by atoms with Gasteiger partial charge in [0.05, 0.1) is 5.69 Å². The lowest BCUT2D eigenvalue weighted by molar-refractivity contribution is 0.102. The SMILES string of the molecule is CCc1cn(C2CC2)c(-c2cccc(NC(=O)c3cc(-c4ccc(N5CCCC5)nc4)ccn3)c2)n1. The number of benzene rings is 1. The van der Waals surface area contributed by atoms with Gasteiger partial charge in [-0.05, 0) is 74.1 Å². The molecule has 2 aliphatic rings. The second-order valence-electron chi connectivity index (χ2n) is 9.61. The average Bonchev–Trinajstić information content (AvgIpc) is 3.44. The van der Waals surface area contributed by atoms with Crippen molar-refractivity contribution in [1.29, 1.82) is 0 Å². The highest BCUT2D eigenvalue weighted by molar-refractivity contribution is 6.03. The molecule has 6 rings (SSSR count). The van der Waals surface area contributed by atoms with Gasteiger partial charge in [0, 0.05) is 54.5 Å². The van der Waals surface area contributed by atoms with E-state index in [1.54, 1.807) is 6.20 Å². The first-order chi connectivity index (χ1) is 17.7. The molecule has 1 aliphatic carbocycles. The van der Waals surface area contributed by atoms with E-state index in [0.717, 1.165) is 59.2 Å². The van der Waals surface area contributed by atoms with Crippen LogP contribution in [-0.2, 0) is 6.42 Å². The second kappa shape index (κ2) is 9.57. The predicted octanol–water partition coefficient (Wildman–Crippen LogP) is 5.76. The van der Waals surface area contributed by atoms with Gasteiger partial charge in [0.25, 0.3) is 5.91 Å². The molecule has 2 fully saturated rings. The summed E-state index contributed by atoms with van der Waals surface area (Å²) in [5.74, 6) is 1.74. The largest absolute Gasteiger partial charge is 0.357 e. The van der Waals surface area contributed by atoms with Crippen LogP contribution in [0, 0.1) is 0 Å². The van der Waals surface area contributed by atoms with Gasteiger partial charge < -0.3 is 14.8 Å². The third-order valence-corrected chi connectivity index (χ3v) is 6.97. The lowest BCUT2D eigenvalue weighted by Gasteiger charge is -2.16. The number of imidazole rings is 1. The Bertz CT molecular complexity index is 1380. The topological polar surface area (TPSA) is 75.9 Å². The Kier molecular flexibility index (Phi) is 5.97. The van der Waals surface area contributed by atoms with Gasteiger partial charge >= 0.3 is 0 Å². The molecule has 0 atom stereocenters. The van der Waals surface area contributed by atoms with E-state index in [9.17, 15) is 4.79 Å². The maximum Gasteiger partial charge on any atom is 0.274 e. The first kappa shape index (κ1) is 22.5. The van der Waals surface area contributed by atoms with Gasteiger partial charge in [0.15, 0.2) is 0 Å². The summed E-state index contributed by atoms with van der Waals surface area (Å²) in [6, 6.07) is 16.3. The van der Waals surface area contributed by atoms with Crippen LogP contribution in [-0.4, -0.2) is 38.5 Å². The van der Waals surface area contributed by atoms with Gasteiger partial charge in [0.2, 0.25) is 0 Å². The van der Waals surface area contributed by atoms with Crippen LogP contribution in [0.2, 0.25) is 0 Å². The average molecular weight is 479 g/mol. The van der Waals surface area contributed by atoms with Crippen LogP contribution in [0.1, 0.15) is 54.8 Å². The minimum atomic E-state index is -0.240. The predicted molar refractivity (Wildman–Crippen MR) is 142 cm³/mol. The van der Waals surface area contributed by atoms with Crippen molar-refractivity contribution in [2.24, 2.45) is 0 Å². The van der Waals surface area contributed by atoms with E-state index in [2.05, 4.69) is 50.0 Å². The van der Waals surface area contributed by atoms with Crippen molar-refractivity contribution in [3.63, 3.8) is 0 Å². The first-order valence-corrected chi connectivity index (χ1v) is 12.8. The lowest BCUT2D eigenvalue weighted by Crippen LogP contribution is -2.18. The highest BCUT2D eigenvalue weighted by Crippen LogP contribution is 2.39. The molecule has 36 heavy (non-hydrogen) atoms. The Hall–Kier alpha value is -4.00. The maximum absolute atomic E-state index is 13.1. The van der Waals surface area contributed by atoms with E-state index in [4.69, 9.17) is 4.98 Å². The zero-order valence-corrected chi connectivity index (χ0v) is 20.5. The van der Waals surface area contributed by atoms with Gasteiger partial charge in [-0.2, -0.15) is 0 Å². The fourth-order valence-electron chi connectivity index (χ4n) is 4.81. The summed E-state index contributed by atoms with van der Waals surface area (Å²) in [7, 11) is 0. The van der Waals surface area contributed by atoms with E-state index in [1.165, 1.54) is 25.7 Å². The number of pyridine rings is 2. The minimum Gasteiger partial charge on any atom is -0.357 e. The zero-order valence-electron chi connectivity index (χ0n) is 20.5. The Morgan fingerprint density at radius 3 is 2.61 bits per heavy atom. The normalized spacial score (nSPS) is 15.3. The van der Waals surface area contributed by atoms with Gasteiger partial charge in [-0.15, -0.1) is 0 Å². The smallest absolute Gasteiger partial charge is 0.274 e. The molecular formula is C29H30N6O. The van der Waals surface area contributed by atoms with Crippen molar-refractivity contribution in [3.8, 4) is 22.5 Å². The van der Waals surface area contributed by atoms with E-state index in [0.29, 0.717) is 11.7 Å². The number of rotatable bonds is 7. The number of aromatic nitrogens is 4. The molecule has 1 amide bonds. The number of amides is 1. The van der Waals surface area contributed by atoms with Crippen LogP contribution in [0.15, 0.2) is 67.1 Å². The molecule has 4 aromatic rings. The standard InChI is InChI=1S/C29H30N6O/c1-2-23-19-35(25-9-10-25)28(32-23)21-6-5-7-24(16-21)33-29(36)26-17-20(12-13-30-26)22-8-11-27(31-18-22)34-14-3-4-15-34/h5-8,11-13,16-19,25H,2-4,9-10,14-15H2,1H3,(H,33,36). The highest BCUT2D eigenvalue weighted by atomic mass is 16.1. The molecule has 7 heteroatoms. The van der Waals surface area contributed by atoms with Crippen LogP contribution in [0.25, 0.3) is 22.5 Å². The molecule has 0 radical (unpaired) electrons. The molecule has 182 valence electrons. The molecule has 1 N–H and O–H groups in total. The highest BCUT2D eigenvalue weighted by Gasteiger charge is 2.27. The van der Waals surface area contributed by atoms with Gasteiger partial charge in [0.1, 0.15) is 17.3 Å². The fourth-order valence-corrected chi connectivity index (χ4v) is 4.81. The van der Waals surface area contributed by atoms with Crippen LogP contribution >= 0.6 is 0 Å². The molecule has 4 heterocycles. The Morgan fingerprint density at radius 2 is 1.86 bits per heavy atom. The van der Waals surface area contributed by atoms with E-state index in [-0.39, 0.29) is 5.91 Å². The summed E-state index contributed by atoms with van der Waals surface area (Å²) in [5, 5.41) is 3.02. The third kappa shape index (κ3) is 4.61. The minimum absolute atomic E-state index is 0.240. The van der Waals surface area contributed by atoms with Crippen LogP contribution < -0.4 is 10.2 Å². The van der Waals surface area contributed by atoms with Crippen molar-refractivity contribution in [2.75, 3.05) is 23.3 Å². The van der Waals surface area contributed by atoms with Crippen molar-refractivity contribution in [3.05, 3.63) is 78.5 Å². The monoisotopic (exact) mass is 478 g/mol. The number of nitrogens with one attached hydrogen (secondary N) is 1. The van der Waals surface area contributed by atoms with Gasteiger partial charge in [-0.3, -0.25) is 9.78 Å². The Labute approximate surface area is 211 Å². The summed E-state index contributed by atoms with van der Waals surface area (Å²) in [4.78, 5) is 29.2. The fraction of sp³-hybridized carbons (Fsp3) is 0.310. The second-order valence-corrected chi connectivity index (χ2v) is 9.61. The molecule has 0 unspecified atom stereocenters. The summed E-state index contributed by atoms with van der Waals surface area (Å²) in [6.45, 7) is 4.25. The molecule has 1 saturated heterocycles. The van der Waals surface area contributed by atoms with Gasteiger partial charge in [-0.1, -0.05) is 19.1 Å².